The molecule has 20 heavy (non-hydrogen) atoms. The van der Waals surface area contributed by atoms with Crippen LogP contribution in [0.4, 0.5) is 0 Å². The van der Waals surface area contributed by atoms with Gasteiger partial charge in [-0.3, -0.25) is 4.79 Å². The Morgan fingerprint density at radius 3 is 2.60 bits per heavy atom. The van der Waals surface area contributed by atoms with E-state index in [0.717, 1.165) is 11.1 Å². The molecule has 0 saturated heterocycles. The number of carbonyl (C=O) groups is 1. The van der Waals surface area contributed by atoms with Gasteiger partial charge >= 0.3 is 0 Å². The first-order chi connectivity index (χ1) is 9.47. The Morgan fingerprint density at radius 1 is 1.20 bits per heavy atom. The monoisotopic (exact) mass is 272 g/mol. The van der Waals surface area contributed by atoms with E-state index in [1.807, 2.05) is 36.4 Å². The summed E-state index contributed by atoms with van der Waals surface area (Å²) in [5.74, 6) is 0.615. The Bertz CT molecular complexity index is 603. The summed E-state index contributed by atoms with van der Waals surface area (Å²) in [5, 5.41) is 5.06. The van der Waals surface area contributed by atoms with E-state index in [-0.39, 0.29) is 5.91 Å². The fraction of sp³-hybridized carbons (Fsp3) is 0.312. The summed E-state index contributed by atoms with van der Waals surface area (Å²) in [6, 6.07) is 14.0. The maximum absolute atomic E-state index is 11.6. The van der Waals surface area contributed by atoms with Crippen LogP contribution in [0.2, 0.25) is 0 Å². The predicted octanol–water partition coefficient (Wildman–Crippen LogP) is 2.07. The molecule has 2 aromatic rings. The van der Waals surface area contributed by atoms with Crippen molar-refractivity contribution in [3.63, 3.8) is 0 Å². The summed E-state index contributed by atoms with van der Waals surface area (Å²) in [6.45, 7) is 4.20. The number of hydrogen-bond donors (Lipinski definition) is 2. The van der Waals surface area contributed by atoms with Crippen LogP contribution >= 0.6 is 0 Å². The summed E-state index contributed by atoms with van der Waals surface area (Å²) in [7, 11) is 0. The fourth-order valence-electron chi connectivity index (χ4n) is 1.82. The summed E-state index contributed by atoms with van der Waals surface area (Å²) in [4.78, 5) is 11.6. The van der Waals surface area contributed by atoms with Crippen LogP contribution in [0.25, 0.3) is 10.8 Å². The highest BCUT2D eigenvalue weighted by atomic mass is 16.5. The summed E-state index contributed by atoms with van der Waals surface area (Å²) in [6.07, 6.45) is 0. The average Bonchev–Trinajstić information content (AvgIpc) is 2.42. The topological polar surface area (TPSA) is 64.4 Å². The number of nitrogens with two attached hydrogens (primary N) is 1. The molecule has 0 aliphatic heterocycles. The normalized spacial score (nSPS) is 11.3. The molecule has 0 radical (unpaired) electrons. The van der Waals surface area contributed by atoms with E-state index >= 15 is 0 Å². The number of fused-ring (bicyclic) bond motifs is 1. The number of amides is 1. The standard InChI is InChI=1S/C16H20N2O2/c1-16(2,17)15(19)18-9-10-20-14-8-7-12-5-3-4-6-13(12)11-14/h3-8,11H,9-10,17H2,1-2H3,(H,18,19). The van der Waals surface area contributed by atoms with E-state index in [2.05, 4.69) is 11.4 Å². The molecule has 0 heterocycles. The predicted molar refractivity (Wildman–Crippen MR) is 80.7 cm³/mol. The molecule has 1 amide bonds. The second kappa shape index (κ2) is 5.92. The molecule has 3 N–H and O–H groups in total. The van der Waals surface area contributed by atoms with Crippen LogP contribution in [0.3, 0.4) is 0 Å². The number of nitrogens with one attached hydrogen (secondary N) is 1. The molecule has 0 spiro atoms. The number of hydrogen-bond acceptors (Lipinski definition) is 3. The minimum atomic E-state index is -0.858. The third kappa shape index (κ3) is 3.71. The van der Waals surface area contributed by atoms with Crippen LogP contribution < -0.4 is 15.8 Å². The molecule has 0 aromatic heterocycles. The smallest absolute Gasteiger partial charge is 0.239 e. The molecule has 4 nitrogen and oxygen atoms in total. The van der Waals surface area contributed by atoms with Gasteiger partial charge in [0.1, 0.15) is 12.4 Å². The van der Waals surface area contributed by atoms with Crippen molar-refractivity contribution in [1.29, 1.82) is 0 Å². The van der Waals surface area contributed by atoms with E-state index in [1.54, 1.807) is 13.8 Å². The van der Waals surface area contributed by atoms with Gasteiger partial charge in [-0.05, 0) is 36.8 Å². The third-order valence-corrected chi connectivity index (χ3v) is 2.96. The lowest BCUT2D eigenvalue weighted by molar-refractivity contribution is -0.125. The zero-order valence-electron chi connectivity index (χ0n) is 11.8. The van der Waals surface area contributed by atoms with Gasteiger partial charge in [-0.15, -0.1) is 0 Å². The highest BCUT2D eigenvalue weighted by Gasteiger charge is 2.20. The van der Waals surface area contributed by atoms with Crippen LogP contribution in [-0.4, -0.2) is 24.6 Å². The maximum Gasteiger partial charge on any atom is 0.239 e. The van der Waals surface area contributed by atoms with E-state index in [4.69, 9.17) is 10.5 Å². The Hall–Kier alpha value is -2.07. The molecule has 0 fully saturated rings. The van der Waals surface area contributed by atoms with Crippen molar-refractivity contribution in [3.05, 3.63) is 42.5 Å². The van der Waals surface area contributed by atoms with Gasteiger partial charge < -0.3 is 15.8 Å². The summed E-state index contributed by atoms with van der Waals surface area (Å²) < 4.78 is 5.62. The van der Waals surface area contributed by atoms with Gasteiger partial charge in [0.05, 0.1) is 12.1 Å². The number of benzene rings is 2. The van der Waals surface area contributed by atoms with E-state index < -0.39 is 5.54 Å². The van der Waals surface area contributed by atoms with Crippen molar-refractivity contribution in [2.24, 2.45) is 5.73 Å². The molecule has 0 aliphatic rings. The Balaban J connectivity index is 1.86. The second-order valence-corrected chi connectivity index (χ2v) is 5.34. The molecular formula is C16H20N2O2. The fourth-order valence-corrected chi connectivity index (χ4v) is 1.82. The third-order valence-electron chi connectivity index (χ3n) is 2.96. The Morgan fingerprint density at radius 2 is 1.90 bits per heavy atom. The number of carbonyl (C=O) groups excluding carboxylic acids is 1. The first-order valence-electron chi connectivity index (χ1n) is 6.65. The van der Waals surface area contributed by atoms with Crippen molar-refractivity contribution < 1.29 is 9.53 Å². The number of ether oxygens (including phenoxy) is 1. The highest BCUT2D eigenvalue weighted by molar-refractivity contribution is 5.85. The average molecular weight is 272 g/mol. The molecular weight excluding hydrogens is 252 g/mol. The molecule has 4 heteroatoms. The van der Waals surface area contributed by atoms with E-state index in [0.29, 0.717) is 13.2 Å². The lowest BCUT2D eigenvalue weighted by Crippen LogP contribution is -2.49. The van der Waals surface area contributed by atoms with Gasteiger partial charge in [-0.25, -0.2) is 0 Å². The van der Waals surface area contributed by atoms with Crippen molar-refractivity contribution in [1.82, 2.24) is 5.32 Å². The zero-order valence-corrected chi connectivity index (χ0v) is 11.8. The Labute approximate surface area is 118 Å². The van der Waals surface area contributed by atoms with Gasteiger partial charge in [0, 0.05) is 0 Å². The van der Waals surface area contributed by atoms with Crippen LogP contribution in [0, 0.1) is 0 Å². The molecule has 2 aromatic carbocycles. The van der Waals surface area contributed by atoms with Gasteiger partial charge in [-0.1, -0.05) is 30.3 Å². The van der Waals surface area contributed by atoms with Crippen LogP contribution in [0.1, 0.15) is 13.8 Å². The van der Waals surface area contributed by atoms with Crippen molar-refractivity contribution in [2.45, 2.75) is 19.4 Å². The molecule has 0 bridgehead atoms. The van der Waals surface area contributed by atoms with Gasteiger partial charge in [0.25, 0.3) is 0 Å². The molecule has 0 unspecified atom stereocenters. The summed E-state index contributed by atoms with van der Waals surface area (Å²) in [5.41, 5.74) is 4.82. The van der Waals surface area contributed by atoms with Crippen LogP contribution in [-0.2, 0) is 4.79 Å². The lowest BCUT2D eigenvalue weighted by Gasteiger charge is -2.17. The van der Waals surface area contributed by atoms with Gasteiger partial charge in [-0.2, -0.15) is 0 Å². The Kier molecular flexibility index (Phi) is 4.25. The summed E-state index contributed by atoms with van der Waals surface area (Å²) >= 11 is 0. The quantitative estimate of drug-likeness (QED) is 0.819. The molecule has 0 saturated carbocycles. The van der Waals surface area contributed by atoms with Gasteiger partial charge in [0.15, 0.2) is 0 Å². The zero-order chi connectivity index (χ0) is 14.6. The molecule has 2 rings (SSSR count). The first-order valence-corrected chi connectivity index (χ1v) is 6.65. The minimum absolute atomic E-state index is 0.181. The SMILES string of the molecule is CC(C)(N)C(=O)NCCOc1ccc2ccccc2c1. The van der Waals surface area contributed by atoms with E-state index in [9.17, 15) is 4.79 Å². The highest BCUT2D eigenvalue weighted by Crippen LogP contribution is 2.20. The molecule has 0 atom stereocenters. The van der Waals surface area contributed by atoms with Gasteiger partial charge in [0.2, 0.25) is 5.91 Å². The maximum atomic E-state index is 11.6. The second-order valence-electron chi connectivity index (χ2n) is 5.34. The van der Waals surface area contributed by atoms with Crippen LogP contribution in [0.15, 0.2) is 42.5 Å². The molecule has 106 valence electrons. The number of rotatable bonds is 5. The largest absolute Gasteiger partial charge is 0.492 e. The van der Waals surface area contributed by atoms with Crippen molar-refractivity contribution in [3.8, 4) is 5.75 Å². The van der Waals surface area contributed by atoms with Crippen molar-refractivity contribution in [2.75, 3.05) is 13.2 Å². The first kappa shape index (κ1) is 14.3. The van der Waals surface area contributed by atoms with E-state index in [1.165, 1.54) is 5.39 Å². The molecule has 0 aliphatic carbocycles. The van der Waals surface area contributed by atoms with Crippen LogP contribution in [0.5, 0.6) is 5.75 Å². The minimum Gasteiger partial charge on any atom is -0.492 e. The lowest BCUT2D eigenvalue weighted by atomic mass is 10.1. The van der Waals surface area contributed by atoms with Crippen molar-refractivity contribution >= 4 is 16.7 Å².